The van der Waals surface area contributed by atoms with E-state index in [2.05, 4.69) is 15.3 Å². The second-order valence-corrected chi connectivity index (χ2v) is 4.91. The lowest BCUT2D eigenvalue weighted by atomic mass is 10.1. The fraction of sp³-hybridized carbons (Fsp3) is 0.615. The molecule has 0 aliphatic rings. The normalized spacial score (nSPS) is 12.2. The molecule has 7 heteroatoms. The quantitative estimate of drug-likeness (QED) is 0.700. The van der Waals surface area contributed by atoms with Gasteiger partial charge in [0.2, 0.25) is 0 Å². The number of imidazole rings is 1. The minimum absolute atomic E-state index is 0.0246. The van der Waals surface area contributed by atoms with Crippen molar-refractivity contribution >= 4 is 12.0 Å². The van der Waals surface area contributed by atoms with E-state index in [-0.39, 0.29) is 18.5 Å². The second-order valence-electron chi connectivity index (χ2n) is 4.91. The molecule has 1 aromatic rings. The van der Waals surface area contributed by atoms with Crippen molar-refractivity contribution in [3.63, 3.8) is 0 Å². The molecule has 0 bridgehead atoms. The highest BCUT2D eigenvalue weighted by atomic mass is 16.4. The summed E-state index contributed by atoms with van der Waals surface area (Å²) in [6.07, 6.45) is 4.03. The molecule has 0 spiro atoms. The number of hydrogen-bond donors (Lipinski definition) is 3. The van der Waals surface area contributed by atoms with Crippen molar-refractivity contribution in [3.05, 3.63) is 18.2 Å². The van der Waals surface area contributed by atoms with Gasteiger partial charge in [-0.05, 0) is 20.3 Å². The molecule has 3 N–H and O–H groups in total. The maximum Gasteiger partial charge on any atom is 0.326 e. The van der Waals surface area contributed by atoms with Crippen LogP contribution in [-0.4, -0.2) is 50.6 Å². The van der Waals surface area contributed by atoms with Gasteiger partial charge in [0.25, 0.3) is 0 Å². The van der Waals surface area contributed by atoms with Gasteiger partial charge in [-0.15, -0.1) is 0 Å². The van der Waals surface area contributed by atoms with Crippen molar-refractivity contribution in [1.29, 1.82) is 0 Å². The lowest BCUT2D eigenvalue weighted by Crippen LogP contribution is -2.51. The highest BCUT2D eigenvalue weighted by molar-refractivity contribution is 5.82. The van der Waals surface area contributed by atoms with Gasteiger partial charge in [0.05, 0.1) is 6.33 Å². The molecule has 0 fully saturated rings. The smallest absolute Gasteiger partial charge is 0.326 e. The monoisotopic (exact) mass is 282 g/mol. The zero-order chi connectivity index (χ0) is 15.1. The van der Waals surface area contributed by atoms with E-state index in [9.17, 15) is 14.7 Å². The number of amides is 2. The van der Waals surface area contributed by atoms with E-state index < -0.39 is 12.0 Å². The number of aliphatic carboxylic acids is 1. The average molecular weight is 282 g/mol. The van der Waals surface area contributed by atoms with E-state index in [1.54, 1.807) is 11.1 Å². The molecule has 112 valence electrons. The van der Waals surface area contributed by atoms with Gasteiger partial charge in [-0.1, -0.05) is 6.92 Å². The highest BCUT2D eigenvalue weighted by Gasteiger charge is 2.24. The molecule has 0 aromatic carbocycles. The fourth-order valence-corrected chi connectivity index (χ4v) is 1.88. The topological polar surface area (TPSA) is 98.3 Å². The van der Waals surface area contributed by atoms with E-state index in [1.165, 1.54) is 6.33 Å². The number of aromatic nitrogens is 2. The molecule has 20 heavy (non-hydrogen) atoms. The number of carbonyl (C=O) groups is 2. The number of carboxylic acid groups (broad SMARTS) is 1. The number of urea groups is 1. The summed E-state index contributed by atoms with van der Waals surface area (Å²) in [6, 6.07) is -1.30. The zero-order valence-electron chi connectivity index (χ0n) is 12.1. The molecule has 1 rings (SSSR count). The molecule has 0 aliphatic carbocycles. The standard InChI is InChI=1S/C13H22N4O3/c1-4-5-17(9(2)3)13(20)16-11(12(18)19)6-10-7-14-8-15-10/h7-9,11H,4-6H2,1-3H3,(H,14,15)(H,16,20)(H,18,19)/t11-/m0/s1. The number of H-pyrrole nitrogens is 1. The number of rotatable bonds is 7. The third-order valence-corrected chi connectivity index (χ3v) is 2.92. The minimum Gasteiger partial charge on any atom is -0.480 e. The van der Waals surface area contributed by atoms with Crippen molar-refractivity contribution < 1.29 is 14.7 Å². The van der Waals surface area contributed by atoms with E-state index in [1.807, 2.05) is 20.8 Å². The van der Waals surface area contributed by atoms with Gasteiger partial charge in [-0.3, -0.25) is 0 Å². The Morgan fingerprint density at radius 3 is 2.65 bits per heavy atom. The van der Waals surface area contributed by atoms with Crippen LogP contribution < -0.4 is 5.32 Å². The summed E-state index contributed by atoms with van der Waals surface area (Å²) in [4.78, 5) is 31.7. The third kappa shape index (κ3) is 4.56. The number of carbonyl (C=O) groups excluding carboxylic acids is 1. The molecule has 1 heterocycles. The van der Waals surface area contributed by atoms with Gasteiger partial charge < -0.3 is 20.3 Å². The summed E-state index contributed by atoms with van der Waals surface area (Å²) in [6.45, 7) is 6.38. The summed E-state index contributed by atoms with van der Waals surface area (Å²) in [5.74, 6) is -1.06. The third-order valence-electron chi connectivity index (χ3n) is 2.92. The van der Waals surface area contributed by atoms with Crippen LogP contribution >= 0.6 is 0 Å². The van der Waals surface area contributed by atoms with Crippen molar-refractivity contribution in [2.75, 3.05) is 6.54 Å². The van der Waals surface area contributed by atoms with Crippen LogP contribution in [0, 0.1) is 0 Å². The van der Waals surface area contributed by atoms with Crippen LogP contribution in [0.4, 0.5) is 4.79 Å². The molecular formula is C13H22N4O3. The molecule has 0 saturated carbocycles. The van der Waals surface area contributed by atoms with Gasteiger partial charge >= 0.3 is 12.0 Å². The molecule has 0 unspecified atom stereocenters. The van der Waals surface area contributed by atoms with E-state index >= 15 is 0 Å². The van der Waals surface area contributed by atoms with Crippen LogP contribution in [0.5, 0.6) is 0 Å². The second kappa shape index (κ2) is 7.52. The van der Waals surface area contributed by atoms with Crippen LogP contribution in [0.3, 0.4) is 0 Å². The van der Waals surface area contributed by atoms with E-state index in [0.29, 0.717) is 12.2 Å². The molecule has 7 nitrogen and oxygen atoms in total. The van der Waals surface area contributed by atoms with Crippen molar-refractivity contribution in [2.45, 2.75) is 45.7 Å². The first kappa shape index (κ1) is 16.0. The van der Waals surface area contributed by atoms with Crippen LogP contribution in [0.15, 0.2) is 12.5 Å². The van der Waals surface area contributed by atoms with Crippen molar-refractivity contribution in [2.24, 2.45) is 0 Å². The molecule has 0 radical (unpaired) electrons. The van der Waals surface area contributed by atoms with Crippen LogP contribution in [0.25, 0.3) is 0 Å². The van der Waals surface area contributed by atoms with E-state index in [0.717, 1.165) is 6.42 Å². The van der Waals surface area contributed by atoms with Gasteiger partial charge in [0.1, 0.15) is 6.04 Å². The number of nitrogens with zero attached hydrogens (tertiary/aromatic N) is 2. The molecule has 0 saturated heterocycles. The summed E-state index contributed by atoms with van der Waals surface area (Å²) in [5, 5.41) is 11.8. The Bertz CT molecular complexity index is 431. The van der Waals surface area contributed by atoms with Gasteiger partial charge in [-0.25, -0.2) is 14.6 Å². The Kier molecular flexibility index (Phi) is 6.02. The Morgan fingerprint density at radius 1 is 1.50 bits per heavy atom. The SMILES string of the molecule is CCCN(C(=O)N[C@@H](Cc1cnc[nH]1)C(=O)O)C(C)C. The highest BCUT2D eigenvalue weighted by Crippen LogP contribution is 2.04. The lowest BCUT2D eigenvalue weighted by molar-refractivity contribution is -0.139. The first-order valence-electron chi connectivity index (χ1n) is 6.72. The Balaban J connectivity index is 2.69. The summed E-state index contributed by atoms with van der Waals surface area (Å²) >= 11 is 0. The maximum atomic E-state index is 12.1. The Morgan fingerprint density at radius 2 is 2.20 bits per heavy atom. The maximum absolute atomic E-state index is 12.1. The lowest BCUT2D eigenvalue weighted by Gasteiger charge is -2.28. The predicted octanol–water partition coefficient (Wildman–Crippen LogP) is 1.24. The van der Waals surface area contributed by atoms with Crippen molar-refractivity contribution in [1.82, 2.24) is 20.2 Å². The summed E-state index contributed by atoms with van der Waals surface area (Å²) in [5.41, 5.74) is 0.671. The fourth-order valence-electron chi connectivity index (χ4n) is 1.88. The summed E-state index contributed by atoms with van der Waals surface area (Å²) in [7, 11) is 0. The Hall–Kier alpha value is -2.05. The van der Waals surface area contributed by atoms with Crippen LogP contribution in [0.2, 0.25) is 0 Å². The average Bonchev–Trinajstić information content (AvgIpc) is 2.87. The van der Waals surface area contributed by atoms with Crippen molar-refractivity contribution in [3.8, 4) is 0 Å². The van der Waals surface area contributed by atoms with Crippen LogP contribution in [-0.2, 0) is 11.2 Å². The molecular weight excluding hydrogens is 260 g/mol. The van der Waals surface area contributed by atoms with Gasteiger partial charge in [0, 0.05) is 30.9 Å². The predicted molar refractivity (Wildman–Crippen MR) is 74.4 cm³/mol. The molecule has 1 aromatic heterocycles. The minimum atomic E-state index is -1.06. The first-order chi connectivity index (χ1) is 9.45. The largest absolute Gasteiger partial charge is 0.480 e. The number of carboxylic acids is 1. The van der Waals surface area contributed by atoms with Gasteiger partial charge in [0.15, 0.2) is 0 Å². The van der Waals surface area contributed by atoms with E-state index in [4.69, 9.17) is 0 Å². The number of hydrogen-bond acceptors (Lipinski definition) is 3. The number of aromatic amines is 1. The molecule has 1 atom stereocenters. The number of nitrogens with one attached hydrogen (secondary N) is 2. The Labute approximate surface area is 118 Å². The zero-order valence-corrected chi connectivity index (χ0v) is 12.1. The van der Waals surface area contributed by atoms with Gasteiger partial charge in [-0.2, -0.15) is 0 Å². The molecule has 0 aliphatic heterocycles. The summed E-state index contributed by atoms with van der Waals surface area (Å²) < 4.78 is 0. The first-order valence-corrected chi connectivity index (χ1v) is 6.72. The van der Waals surface area contributed by atoms with Crippen LogP contribution in [0.1, 0.15) is 32.9 Å². The molecule has 2 amide bonds.